The third-order valence-corrected chi connectivity index (χ3v) is 2.74. The molecule has 2 amide bonds. The summed E-state index contributed by atoms with van der Waals surface area (Å²) in [6.07, 6.45) is 1.39. The average Bonchev–Trinajstić information content (AvgIpc) is 2.33. The summed E-state index contributed by atoms with van der Waals surface area (Å²) in [7, 11) is 0. The van der Waals surface area contributed by atoms with E-state index in [4.69, 9.17) is 5.11 Å². The first-order chi connectivity index (χ1) is 7.34. The van der Waals surface area contributed by atoms with Crippen LogP contribution in [-0.4, -0.2) is 34.3 Å². The lowest BCUT2D eigenvalue weighted by Gasteiger charge is -2.17. The third-order valence-electron chi connectivity index (χ3n) is 2.74. The Morgan fingerprint density at radius 2 is 2.00 bits per heavy atom. The van der Waals surface area contributed by atoms with Gasteiger partial charge in [0.05, 0.1) is 5.41 Å². The Bertz CT molecular complexity index is 322. The number of unbranched alkanes of at least 4 members (excludes halogenated alkanes) is 1. The maximum absolute atomic E-state index is 11.8. The monoisotopic (exact) mass is 227 g/mol. The van der Waals surface area contributed by atoms with E-state index in [0.29, 0.717) is 19.4 Å². The van der Waals surface area contributed by atoms with Crippen LogP contribution in [-0.2, 0) is 14.4 Å². The zero-order chi connectivity index (χ0) is 12.3. The van der Waals surface area contributed by atoms with Gasteiger partial charge >= 0.3 is 5.97 Å². The van der Waals surface area contributed by atoms with Crippen LogP contribution in [0.1, 0.15) is 39.5 Å². The number of imide groups is 1. The summed E-state index contributed by atoms with van der Waals surface area (Å²) in [6, 6.07) is 0. The van der Waals surface area contributed by atoms with Gasteiger partial charge in [-0.3, -0.25) is 19.3 Å². The van der Waals surface area contributed by atoms with Crippen molar-refractivity contribution in [2.75, 3.05) is 6.54 Å². The molecule has 0 bridgehead atoms. The Morgan fingerprint density at radius 3 is 2.44 bits per heavy atom. The zero-order valence-electron chi connectivity index (χ0n) is 9.65. The maximum atomic E-state index is 11.8. The standard InChI is InChI=1S/C11H17NO4/c1-11(2)7-8(13)12(10(11)16)6-4-3-5-9(14)15/h3-7H2,1-2H3,(H,14,15). The summed E-state index contributed by atoms with van der Waals surface area (Å²) in [5.74, 6) is -1.14. The number of nitrogens with zero attached hydrogens (tertiary/aromatic N) is 1. The molecule has 1 fully saturated rings. The fourth-order valence-electron chi connectivity index (χ4n) is 1.80. The van der Waals surface area contributed by atoms with Gasteiger partial charge in [0.1, 0.15) is 0 Å². The van der Waals surface area contributed by atoms with Crippen LogP contribution >= 0.6 is 0 Å². The van der Waals surface area contributed by atoms with Gasteiger partial charge in [0.15, 0.2) is 0 Å². The van der Waals surface area contributed by atoms with Gasteiger partial charge in [-0.2, -0.15) is 0 Å². The lowest BCUT2D eigenvalue weighted by Crippen LogP contribution is -2.33. The number of rotatable bonds is 5. The molecule has 0 spiro atoms. The van der Waals surface area contributed by atoms with E-state index >= 15 is 0 Å². The topological polar surface area (TPSA) is 74.7 Å². The number of carbonyl (C=O) groups excluding carboxylic acids is 2. The molecule has 1 heterocycles. The highest BCUT2D eigenvalue weighted by atomic mass is 16.4. The molecule has 1 saturated heterocycles. The summed E-state index contributed by atoms with van der Waals surface area (Å²) in [4.78, 5) is 34.8. The predicted molar refractivity (Wildman–Crippen MR) is 56.6 cm³/mol. The Morgan fingerprint density at radius 1 is 1.38 bits per heavy atom. The fraction of sp³-hybridized carbons (Fsp3) is 0.727. The van der Waals surface area contributed by atoms with Crippen molar-refractivity contribution < 1.29 is 19.5 Å². The minimum Gasteiger partial charge on any atom is -0.481 e. The molecule has 1 rings (SSSR count). The van der Waals surface area contributed by atoms with E-state index in [2.05, 4.69) is 0 Å². The van der Waals surface area contributed by atoms with Crippen molar-refractivity contribution >= 4 is 17.8 Å². The number of carboxylic acids is 1. The predicted octanol–water partition coefficient (Wildman–Crippen LogP) is 1.03. The van der Waals surface area contributed by atoms with Gasteiger partial charge in [0, 0.05) is 19.4 Å². The van der Waals surface area contributed by atoms with Crippen LogP contribution in [0, 0.1) is 5.41 Å². The molecular weight excluding hydrogens is 210 g/mol. The van der Waals surface area contributed by atoms with E-state index < -0.39 is 11.4 Å². The molecule has 1 aliphatic rings. The van der Waals surface area contributed by atoms with Gasteiger partial charge < -0.3 is 5.11 Å². The zero-order valence-corrected chi connectivity index (χ0v) is 9.65. The molecule has 0 aromatic rings. The first-order valence-electron chi connectivity index (χ1n) is 5.41. The normalized spacial score (nSPS) is 19.2. The number of aliphatic carboxylic acids is 1. The van der Waals surface area contributed by atoms with Crippen LogP contribution in [0.3, 0.4) is 0 Å². The molecule has 1 N–H and O–H groups in total. The van der Waals surface area contributed by atoms with Crippen molar-refractivity contribution in [1.82, 2.24) is 4.90 Å². The molecule has 0 aromatic heterocycles. The van der Waals surface area contributed by atoms with E-state index in [9.17, 15) is 14.4 Å². The second kappa shape index (κ2) is 4.63. The lowest BCUT2D eigenvalue weighted by molar-refractivity contribution is -0.140. The molecule has 0 unspecified atom stereocenters. The molecule has 90 valence electrons. The molecular formula is C11H17NO4. The van der Waals surface area contributed by atoms with E-state index in [1.54, 1.807) is 13.8 Å². The lowest BCUT2D eigenvalue weighted by atomic mass is 9.92. The molecule has 5 heteroatoms. The van der Waals surface area contributed by atoms with Gasteiger partial charge in [-0.15, -0.1) is 0 Å². The van der Waals surface area contributed by atoms with E-state index in [0.717, 1.165) is 0 Å². The Balaban J connectivity index is 2.41. The molecule has 5 nitrogen and oxygen atoms in total. The van der Waals surface area contributed by atoms with Gasteiger partial charge in [-0.25, -0.2) is 0 Å². The highest BCUT2D eigenvalue weighted by Gasteiger charge is 2.44. The molecule has 16 heavy (non-hydrogen) atoms. The SMILES string of the molecule is CC1(C)CC(=O)N(CCCCC(=O)O)C1=O. The quantitative estimate of drug-likeness (QED) is 0.562. The van der Waals surface area contributed by atoms with Crippen molar-refractivity contribution in [2.24, 2.45) is 5.41 Å². The summed E-state index contributed by atoms with van der Waals surface area (Å²) >= 11 is 0. The molecule has 0 saturated carbocycles. The molecule has 0 aromatic carbocycles. The highest BCUT2D eigenvalue weighted by molar-refractivity contribution is 6.05. The number of carbonyl (C=O) groups is 3. The average molecular weight is 227 g/mol. The van der Waals surface area contributed by atoms with Crippen LogP contribution in [0.4, 0.5) is 0 Å². The summed E-state index contributed by atoms with van der Waals surface area (Å²) in [6.45, 7) is 3.85. The third kappa shape index (κ3) is 2.81. The highest BCUT2D eigenvalue weighted by Crippen LogP contribution is 2.31. The first kappa shape index (κ1) is 12.7. The number of carboxylic acid groups (broad SMARTS) is 1. The van der Waals surface area contributed by atoms with Crippen molar-refractivity contribution in [3.63, 3.8) is 0 Å². The minimum absolute atomic E-state index is 0.0830. The van der Waals surface area contributed by atoms with E-state index in [1.807, 2.05) is 0 Å². The smallest absolute Gasteiger partial charge is 0.303 e. The molecule has 1 aliphatic heterocycles. The van der Waals surface area contributed by atoms with Crippen molar-refractivity contribution in [1.29, 1.82) is 0 Å². The number of likely N-dealkylation sites (tertiary alicyclic amines) is 1. The number of hydrogen-bond acceptors (Lipinski definition) is 3. The van der Waals surface area contributed by atoms with Crippen LogP contribution in [0.2, 0.25) is 0 Å². The van der Waals surface area contributed by atoms with Gasteiger partial charge in [0.25, 0.3) is 0 Å². The maximum Gasteiger partial charge on any atom is 0.303 e. The largest absolute Gasteiger partial charge is 0.481 e. The minimum atomic E-state index is -0.848. The first-order valence-corrected chi connectivity index (χ1v) is 5.41. The molecule has 0 radical (unpaired) electrons. The summed E-state index contributed by atoms with van der Waals surface area (Å²) in [5, 5.41) is 8.45. The fourth-order valence-corrected chi connectivity index (χ4v) is 1.80. The Kier molecular flexibility index (Phi) is 3.67. The number of hydrogen-bond donors (Lipinski definition) is 1. The summed E-state index contributed by atoms with van der Waals surface area (Å²) in [5.41, 5.74) is -0.593. The second-order valence-electron chi connectivity index (χ2n) is 4.76. The van der Waals surface area contributed by atoms with Crippen LogP contribution in [0.25, 0.3) is 0 Å². The van der Waals surface area contributed by atoms with Crippen LogP contribution < -0.4 is 0 Å². The van der Waals surface area contributed by atoms with Crippen LogP contribution in [0.5, 0.6) is 0 Å². The second-order valence-corrected chi connectivity index (χ2v) is 4.76. The number of amides is 2. The Hall–Kier alpha value is -1.39. The Labute approximate surface area is 94.4 Å². The molecule has 0 aliphatic carbocycles. The van der Waals surface area contributed by atoms with Crippen molar-refractivity contribution in [2.45, 2.75) is 39.5 Å². The van der Waals surface area contributed by atoms with Gasteiger partial charge in [-0.1, -0.05) is 13.8 Å². The molecule has 0 atom stereocenters. The van der Waals surface area contributed by atoms with E-state index in [1.165, 1.54) is 4.90 Å². The summed E-state index contributed by atoms with van der Waals surface area (Å²) < 4.78 is 0. The van der Waals surface area contributed by atoms with Crippen LogP contribution in [0.15, 0.2) is 0 Å². The van der Waals surface area contributed by atoms with Gasteiger partial charge in [-0.05, 0) is 12.8 Å². The van der Waals surface area contributed by atoms with Gasteiger partial charge in [0.2, 0.25) is 11.8 Å². The van der Waals surface area contributed by atoms with Crippen molar-refractivity contribution in [3.05, 3.63) is 0 Å². The van der Waals surface area contributed by atoms with Crippen molar-refractivity contribution in [3.8, 4) is 0 Å². The van der Waals surface area contributed by atoms with E-state index in [-0.39, 0.29) is 24.7 Å².